The van der Waals surface area contributed by atoms with Gasteiger partial charge in [-0.05, 0) is 37.6 Å². The van der Waals surface area contributed by atoms with Crippen molar-refractivity contribution in [2.75, 3.05) is 32.7 Å². The van der Waals surface area contributed by atoms with Crippen molar-refractivity contribution in [2.45, 2.75) is 25.2 Å². The Kier molecular flexibility index (Phi) is 5.87. The van der Waals surface area contributed by atoms with Gasteiger partial charge in [-0.25, -0.2) is 8.42 Å². The molecule has 0 unspecified atom stereocenters. The SMILES string of the molecule is Cc1ccc(S(=O)(=O)N2CCN(C(=O)CCN3C(=O)c4ccccc4C3=O)CC2)c(C)c1. The molecule has 2 aliphatic heterocycles. The van der Waals surface area contributed by atoms with E-state index >= 15 is 0 Å². The highest BCUT2D eigenvalue weighted by Crippen LogP contribution is 2.24. The van der Waals surface area contributed by atoms with Crippen LogP contribution in [0, 0.1) is 13.8 Å². The number of carbonyl (C=O) groups is 3. The second-order valence-corrected chi connectivity index (χ2v) is 10.0. The Labute approximate surface area is 187 Å². The Hall–Kier alpha value is -3.04. The minimum atomic E-state index is -3.63. The van der Waals surface area contributed by atoms with Crippen LogP contribution in [0.15, 0.2) is 47.4 Å². The van der Waals surface area contributed by atoms with E-state index in [1.54, 1.807) is 48.2 Å². The van der Waals surface area contributed by atoms with Crippen molar-refractivity contribution < 1.29 is 22.8 Å². The predicted octanol–water partition coefficient (Wildman–Crippen LogP) is 1.82. The van der Waals surface area contributed by atoms with E-state index < -0.39 is 10.0 Å². The highest BCUT2D eigenvalue weighted by atomic mass is 32.2. The average molecular weight is 456 g/mol. The number of fused-ring (bicyclic) bond motifs is 1. The molecule has 9 heteroatoms. The summed E-state index contributed by atoms with van der Waals surface area (Å²) >= 11 is 0. The highest BCUT2D eigenvalue weighted by molar-refractivity contribution is 7.89. The van der Waals surface area contributed by atoms with E-state index in [0.717, 1.165) is 10.5 Å². The smallest absolute Gasteiger partial charge is 0.261 e. The number of aryl methyl sites for hydroxylation is 2. The fourth-order valence-corrected chi connectivity index (χ4v) is 5.84. The van der Waals surface area contributed by atoms with Gasteiger partial charge < -0.3 is 4.90 Å². The molecule has 0 atom stereocenters. The predicted molar refractivity (Wildman–Crippen MR) is 118 cm³/mol. The number of sulfonamides is 1. The summed E-state index contributed by atoms with van der Waals surface area (Å²) in [5.41, 5.74) is 2.41. The highest BCUT2D eigenvalue weighted by Gasteiger charge is 2.36. The van der Waals surface area contributed by atoms with E-state index in [1.165, 1.54) is 4.31 Å². The van der Waals surface area contributed by atoms with Crippen molar-refractivity contribution in [3.8, 4) is 0 Å². The summed E-state index contributed by atoms with van der Waals surface area (Å²) in [4.78, 5) is 40.5. The molecule has 2 aromatic carbocycles. The van der Waals surface area contributed by atoms with Gasteiger partial charge >= 0.3 is 0 Å². The van der Waals surface area contributed by atoms with E-state index in [2.05, 4.69) is 0 Å². The topological polar surface area (TPSA) is 95.1 Å². The largest absolute Gasteiger partial charge is 0.340 e. The Morgan fingerprint density at radius 3 is 2.06 bits per heavy atom. The number of hydrogen-bond donors (Lipinski definition) is 0. The summed E-state index contributed by atoms with van der Waals surface area (Å²) in [6.45, 7) is 4.64. The Bertz CT molecular complexity index is 1160. The first-order valence-electron chi connectivity index (χ1n) is 10.5. The van der Waals surface area contributed by atoms with E-state index in [9.17, 15) is 22.8 Å². The summed E-state index contributed by atoms with van der Waals surface area (Å²) in [5.74, 6) is -0.976. The van der Waals surface area contributed by atoms with Crippen LogP contribution < -0.4 is 0 Å². The lowest BCUT2D eigenvalue weighted by molar-refractivity contribution is -0.132. The number of amides is 3. The normalized spacial score (nSPS) is 17.1. The van der Waals surface area contributed by atoms with Gasteiger partial charge in [0.05, 0.1) is 16.0 Å². The van der Waals surface area contributed by atoms with Gasteiger partial charge in [0.25, 0.3) is 11.8 Å². The van der Waals surface area contributed by atoms with Crippen LogP contribution in [0.25, 0.3) is 0 Å². The number of benzene rings is 2. The van der Waals surface area contributed by atoms with E-state index in [-0.39, 0.29) is 61.8 Å². The molecule has 8 nitrogen and oxygen atoms in total. The molecule has 1 saturated heterocycles. The molecule has 1 fully saturated rings. The maximum Gasteiger partial charge on any atom is 0.261 e. The van der Waals surface area contributed by atoms with Crippen LogP contribution >= 0.6 is 0 Å². The molecular weight excluding hydrogens is 430 g/mol. The first-order valence-corrected chi connectivity index (χ1v) is 11.9. The number of rotatable bonds is 5. The van der Waals surface area contributed by atoms with Crippen LogP contribution in [-0.2, 0) is 14.8 Å². The first-order chi connectivity index (χ1) is 15.2. The second-order valence-electron chi connectivity index (χ2n) is 8.11. The number of piperazine rings is 1. The molecule has 4 rings (SSSR count). The third kappa shape index (κ3) is 3.93. The number of nitrogens with zero attached hydrogens (tertiary/aromatic N) is 3. The van der Waals surface area contributed by atoms with Gasteiger partial charge in [0.2, 0.25) is 15.9 Å². The summed E-state index contributed by atoms with van der Waals surface area (Å²) in [6, 6.07) is 11.8. The van der Waals surface area contributed by atoms with Crippen molar-refractivity contribution in [1.82, 2.24) is 14.1 Å². The number of carbonyl (C=O) groups excluding carboxylic acids is 3. The zero-order chi connectivity index (χ0) is 23.0. The quantitative estimate of drug-likeness (QED) is 0.641. The van der Waals surface area contributed by atoms with Gasteiger partial charge in [-0.15, -0.1) is 0 Å². The van der Waals surface area contributed by atoms with Crippen LogP contribution in [0.3, 0.4) is 0 Å². The zero-order valence-electron chi connectivity index (χ0n) is 18.1. The zero-order valence-corrected chi connectivity index (χ0v) is 18.9. The molecule has 3 amide bonds. The molecule has 0 spiro atoms. The lowest BCUT2D eigenvalue weighted by Crippen LogP contribution is -2.51. The first kappa shape index (κ1) is 22.2. The molecule has 0 bridgehead atoms. The molecular formula is C23H25N3O5S. The fourth-order valence-electron chi connectivity index (χ4n) is 4.21. The van der Waals surface area contributed by atoms with E-state index in [4.69, 9.17) is 0 Å². The molecule has 0 aliphatic carbocycles. The maximum absolute atomic E-state index is 13.0. The Morgan fingerprint density at radius 1 is 0.906 bits per heavy atom. The standard InChI is InChI=1S/C23H25N3O5S/c1-16-7-8-20(17(2)15-16)32(30,31)25-13-11-24(12-14-25)21(27)9-10-26-22(28)18-5-3-4-6-19(18)23(26)29/h3-8,15H,9-14H2,1-2H3. The lowest BCUT2D eigenvalue weighted by Gasteiger charge is -2.34. The summed E-state index contributed by atoms with van der Waals surface area (Å²) in [7, 11) is -3.63. The summed E-state index contributed by atoms with van der Waals surface area (Å²) in [5, 5.41) is 0. The number of imide groups is 1. The van der Waals surface area contributed by atoms with Gasteiger partial charge in [0.15, 0.2) is 0 Å². The number of hydrogen-bond acceptors (Lipinski definition) is 5. The van der Waals surface area contributed by atoms with Crippen LogP contribution in [0.2, 0.25) is 0 Å². The third-order valence-corrected chi connectivity index (χ3v) is 8.03. The maximum atomic E-state index is 13.0. The fraction of sp³-hybridized carbons (Fsp3) is 0.348. The molecule has 0 N–H and O–H groups in total. The monoisotopic (exact) mass is 455 g/mol. The van der Waals surface area contributed by atoms with Crippen LogP contribution in [0.1, 0.15) is 38.3 Å². The van der Waals surface area contributed by atoms with Gasteiger partial charge in [-0.3, -0.25) is 19.3 Å². The van der Waals surface area contributed by atoms with Crippen molar-refractivity contribution in [3.63, 3.8) is 0 Å². The molecule has 168 valence electrons. The van der Waals surface area contributed by atoms with Gasteiger partial charge in [0.1, 0.15) is 0 Å². The second kappa shape index (κ2) is 8.48. The minimum Gasteiger partial charge on any atom is -0.340 e. The van der Waals surface area contributed by atoms with Crippen molar-refractivity contribution in [1.29, 1.82) is 0 Å². The molecule has 0 aromatic heterocycles. The van der Waals surface area contributed by atoms with E-state index in [1.807, 2.05) is 13.0 Å². The van der Waals surface area contributed by atoms with Crippen LogP contribution in [0.4, 0.5) is 0 Å². The third-order valence-electron chi connectivity index (χ3n) is 5.97. The minimum absolute atomic E-state index is 0.00620. The van der Waals surface area contributed by atoms with Crippen molar-refractivity contribution >= 4 is 27.7 Å². The molecule has 0 radical (unpaired) electrons. The Balaban J connectivity index is 1.34. The lowest BCUT2D eigenvalue weighted by atomic mass is 10.1. The molecule has 0 saturated carbocycles. The molecule has 2 aliphatic rings. The Morgan fingerprint density at radius 2 is 1.50 bits per heavy atom. The van der Waals surface area contributed by atoms with Crippen LogP contribution in [-0.4, -0.2) is 73.0 Å². The van der Waals surface area contributed by atoms with Gasteiger partial charge in [-0.2, -0.15) is 4.31 Å². The van der Waals surface area contributed by atoms with Crippen molar-refractivity contribution in [3.05, 3.63) is 64.7 Å². The van der Waals surface area contributed by atoms with Gasteiger partial charge in [0, 0.05) is 39.1 Å². The molecule has 2 heterocycles. The molecule has 2 aromatic rings. The molecule has 32 heavy (non-hydrogen) atoms. The van der Waals surface area contributed by atoms with Gasteiger partial charge in [-0.1, -0.05) is 29.8 Å². The summed E-state index contributed by atoms with van der Waals surface area (Å²) in [6.07, 6.45) is 0.00922. The average Bonchev–Trinajstić information content (AvgIpc) is 3.02. The van der Waals surface area contributed by atoms with E-state index in [0.29, 0.717) is 16.7 Å². The summed E-state index contributed by atoms with van der Waals surface area (Å²) < 4.78 is 27.4. The van der Waals surface area contributed by atoms with Crippen molar-refractivity contribution in [2.24, 2.45) is 0 Å². The van der Waals surface area contributed by atoms with Crippen LogP contribution in [0.5, 0.6) is 0 Å².